The lowest BCUT2D eigenvalue weighted by Crippen LogP contribution is -2.45. The number of nitrogens with zero attached hydrogens (tertiary/aromatic N) is 3. The van der Waals surface area contributed by atoms with Crippen LogP contribution in [-0.2, 0) is 16.1 Å². The molecule has 138 valence electrons. The predicted octanol–water partition coefficient (Wildman–Crippen LogP) is 0.842. The first-order valence-electron chi connectivity index (χ1n) is 8.07. The van der Waals surface area contributed by atoms with Gasteiger partial charge in [-0.3, -0.25) is 4.79 Å². The summed E-state index contributed by atoms with van der Waals surface area (Å²) < 4.78 is 5.21. The van der Waals surface area contributed by atoms with Gasteiger partial charge in [-0.25, -0.2) is 4.79 Å². The van der Waals surface area contributed by atoms with E-state index >= 15 is 0 Å². The second-order valence-corrected chi connectivity index (χ2v) is 6.09. The van der Waals surface area contributed by atoms with Gasteiger partial charge < -0.3 is 21.5 Å². The molecule has 1 amide bonds. The van der Waals surface area contributed by atoms with Gasteiger partial charge >= 0.3 is 5.97 Å². The van der Waals surface area contributed by atoms with Crippen LogP contribution >= 0.6 is 0 Å². The zero-order valence-corrected chi connectivity index (χ0v) is 14.9. The molecule has 1 aromatic carbocycles. The molecule has 0 aliphatic carbocycles. The van der Waals surface area contributed by atoms with E-state index in [-0.39, 0.29) is 36.2 Å². The molecule has 0 fully saturated rings. The topological polar surface area (TPSA) is 146 Å². The Balaban J connectivity index is 2.05. The summed E-state index contributed by atoms with van der Waals surface area (Å²) >= 11 is 0. The molecule has 2 rings (SSSR count). The lowest BCUT2D eigenvalue weighted by Gasteiger charge is -2.21. The van der Waals surface area contributed by atoms with Crippen LogP contribution in [0, 0.1) is 12.8 Å². The predicted molar refractivity (Wildman–Crippen MR) is 95.7 cm³/mol. The first-order chi connectivity index (χ1) is 12.3. The molecule has 1 atom stereocenters. The Bertz CT molecular complexity index is 789. The van der Waals surface area contributed by atoms with Crippen molar-refractivity contribution in [2.24, 2.45) is 5.92 Å². The van der Waals surface area contributed by atoms with E-state index in [1.165, 1.54) is 0 Å². The second-order valence-electron chi connectivity index (χ2n) is 6.09. The summed E-state index contributed by atoms with van der Waals surface area (Å²) in [5.41, 5.74) is 12.3. The highest BCUT2D eigenvalue weighted by Crippen LogP contribution is 2.11. The third-order valence-corrected chi connectivity index (χ3v) is 3.66. The van der Waals surface area contributed by atoms with E-state index < -0.39 is 12.0 Å². The Morgan fingerprint density at radius 3 is 2.31 bits per heavy atom. The van der Waals surface area contributed by atoms with Crippen molar-refractivity contribution in [3.63, 3.8) is 0 Å². The van der Waals surface area contributed by atoms with E-state index in [2.05, 4.69) is 20.3 Å². The molecule has 0 saturated carbocycles. The number of aromatic nitrogens is 3. The van der Waals surface area contributed by atoms with Gasteiger partial charge in [-0.2, -0.15) is 15.0 Å². The monoisotopic (exact) mass is 358 g/mol. The number of hydrogen-bond acceptors (Lipinski definition) is 8. The standard InChI is InChI=1S/C17H22N6O3/c1-9(2)13(22-14(24)11-7-5-4-6-10(11)3)15(25)26-8-12-20-16(18)23-17(19)21-12/h4-7,9,13H,8H2,1-3H3,(H,22,24)(H4,18,19,20,21,23)/t13-/m0/s1. The van der Waals surface area contributed by atoms with Crippen molar-refractivity contribution in [2.75, 3.05) is 11.5 Å². The zero-order valence-electron chi connectivity index (χ0n) is 14.9. The molecule has 0 unspecified atom stereocenters. The summed E-state index contributed by atoms with van der Waals surface area (Å²) in [5.74, 6) is -1.10. The van der Waals surface area contributed by atoms with Crippen LogP contribution in [0.15, 0.2) is 24.3 Å². The van der Waals surface area contributed by atoms with Crippen molar-refractivity contribution in [1.82, 2.24) is 20.3 Å². The van der Waals surface area contributed by atoms with Crippen LogP contribution in [0.5, 0.6) is 0 Å². The van der Waals surface area contributed by atoms with Crippen LogP contribution in [0.2, 0.25) is 0 Å². The van der Waals surface area contributed by atoms with Crippen LogP contribution in [-0.4, -0.2) is 32.9 Å². The third kappa shape index (κ3) is 4.88. The number of benzene rings is 1. The van der Waals surface area contributed by atoms with Gasteiger partial charge in [-0.05, 0) is 24.5 Å². The van der Waals surface area contributed by atoms with Gasteiger partial charge in [0.15, 0.2) is 12.4 Å². The number of anilines is 2. The van der Waals surface area contributed by atoms with Crippen molar-refractivity contribution in [3.8, 4) is 0 Å². The van der Waals surface area contributed by atoms with Crippen molar-refractivity contribution in [2.45, 2.75) is 33.4 Å². The number of carbonyl (C=O) groups excluding carboxylic acids is 2. The van der Waals surface area contributed by atoms with Crippen LogP contribution in [0.1, 0.15) is 35.6 Å². The van der Waals surface area contributed by atoms with Crippen molar-refractivity contribution in [1.29, 1.82) is 0 Å². The maximum Gasteiger partial charge on any atom is 0.329 e. The molecule has 26 heavy (non-hydrogen) atoms. The minimum Gasteiger partial charge on any atom is -0.456 e. The van der Waals surface area contributed by atoms with E-state index in [1.807, 2.05) is 32.9 Å². The molecule has 0 radical (unpaired) electrons. The van der Waals surface area contributed by atoms with Gasteiger partial charge in [0.25, 0.3) is 5.91 Å². The van der Waals surface area contributed by atoms with Crippen LogP contribution < -0.4 is 16.8 Å². The number of nitrogen functional groups attached to an aromatic ring is 2. The SMILES string of the molecule is Cc1ccccc1C(=O)N[C@H](C(=O)OCc1nc(N)nc(N)n1)C(C)C. The zero-order chi connectivity index (χ0) is 19.3. The Morgan fingerprint density at radius 1 is 1.12 bits per heavy atom. The maximum atomic E-state index is 12.5. The average molecular weight is 358 g/mol. The molecular formula is C17H22N6O3. The highest BCUT2D eigenvalue weighted by atomic mass is 16.5. The van der Waals surface area contributed by atoms with E-state index in [9.17, 15) is 9.59 Å². The number of hydrogen-bond donors (Lipinski definition) is 3. The fraction of sp³-hybridized carbons (Fsp3) is 0.353. The number of nitrogens with one attached hydrogen (secondary N) is 1. The number of amides is 1. The Labute approximate surface area is 151 Å². The lowest BCUT2D eigenvalue weighted by atomic mass is 10.0. The molecular weight excluding hydrogens is 336 g/mol. The smallest absolute Gasteiger partial charge is 0.329 e. The molecule has 2 aromatic rings. The van der Waals surface area contributed by atoms with Gasteiger partial charge in [0.05, 0.1) is 0 Å². The van der Waals surface area contributed by atoms with Crippen molar-refractivity contribution >= 4 is 23.8 Å². The highest BCUT2D eigenvalue weighted by Gasteiger charge is 2.27. The quantitative estimate of drug-likeness (QED) is 0.644. The van der Waals surface area contributed by atoms with Crippen molar-refractivity contribution in [3.05, 3.63) is 41.2 Å². The summed E-state index contributed by atoms with van der Waals surface area (Å²) in [4.78, 5) is 36.2. The van der Waals surface area contributed by atoms with E-state index in [4.69, 9.17) is 16.2 Å². The molecule has 1 heterocycles. The molecule has 0 spiro atoms. The first-order valence-corrected chi connectivity index (χ1v) is 8.07. The second kappa shape index (κ2) is 8.24. The number of ether oxygens (including phenoxy) is 1. The lowest BCUT2D eigenvalue weighted by molar-refractivity contribution is -0.148. The number of rotatable bonds is 6. The maximum absolute atomic E-state index is 12.5. The summed E-state index contributed by atoms with van der Waals surface area (Å²) in [6.07, 6.45) is 0. The van der Waals surface area contributed by atoms with Crippen LogP contribution in [0.4, 0.5) is 11.9 Å². The summed E-state index contributed by atoms with van der Waals surface area (Å²) in [5, 5.41) is 2.72. The van der Waals surface area contributed by atoms with Gasteiger partial charge in [-0.15, -0.1) is 0 Å². The van der Waals surface area contributed by atoms with Crippen LogP contribution in [0.3, 0.4) is 0 Å². The molecule has 9 nitrogen and oxygen atoms in total. The van der Waals surface area contributed by atoms with E-state index in [1.54, 1.807) is 12.1 Å². The van der Waals surface area contributed by atoms with Crippen LogP contribution in [0.25, 0.3) is 0 Å². The Hall–Kier alpha value is -3.23. The molecule has 0 aliphatic rings. The minimum atomic E-state index is -0.821. The normalized spacial score (nSPS) is 11.8. The number of nitrogens with two attached hydrogens (primary N) is 2. The average Bonchev–Trinajstić information content (AvgIpc) is 2.56. The van der Waals surface area contributed by atoms with Gasteiger partial charge in [0, 0.05) is 5.56 Å². The van der Waals surface area contributed by atoms with Gasteiger partial charge in [-0.1, -0.05) is 32.0 Å². The Morgan fingerprint density at radius 2 is 1.73 bits per heavy atom. The molecule has 0 aliphatic heterocycles. The fourth-order valence-corrected chi connectivity index (χ4v) is 2.29. The summed E-state index contributed by atoms with van der Waals surface area (Å²) in [6.45, 7) is 5.22. The fourth-order valence-electron chi connectivity index (χ4n) is 2.29. The number of carbonyl (C=O) groups is 2. The minimum absolute atomic E-state index is 0.0585. The van der Waals surface area contributed by atoms with E-state index in [0.717, 1.165) is 5.56 Å². The number of esters is 1. The third-order valence-electron chi connectivity index (χ3n) is 3.66. The number of aryl methyl sites for hydroxylation is 1. The molecule has 0 saturated heterocycles. The highest BCUT2D eigenvalue weighted by molar-refractivity contribution is 5.98. The Kier molecular flexibility index (Phi) is 6.05. The largest absolute Gasteiger partial charge is 0.456 e. The molecule has 0 bridgehead atoms. The van der Waals surface area contributed by atoms with Gasteiger partial charge in [0.1, 0.15) is 6.04 Å². The summed E-state index contributed by atoms with van der Waals surface area (Å²) in [6, 6.07) is 6.31. The van der Waals surface area contributed by atoms with E-state index in [0.29, 0.717) is 5.56 Å². The molecule has 9 heteroatoms. The van der Waals surface area contributed by atoms with Gasteiger partial charge in [0.2, 0.25) is 11.9 Å². The molecule has 5 N–H and O–H groups in total. The summed E-state index contributed by atoms with van der Waals surface area (Å²) in [7, 11) is 0. The molecule has 1 aromatic heterocycles. The van der Waals surface area contributed by atoms with Crippen molar-refractivity contribution < 1.29 is 14.3 Å². The first kappa shape index (κ1) is 19.1.